The number of piperidine rings is 3. The van der Waals surface area contributed by atoms with Crippen LogP contribution in [-0.2, 0) is 0 Å². The lowest BCUT2D eigenvalue weighted by atomic mass is 9.80. The number of hydrogen-bond acceptors (Lipinski definition) is 5. The quantitative estimate of drug-likeness (QED) is 0.914. The van der Waals surface area contributed by atoms with Crippen LogP contribution in [-0.4, -0.2) is 48.1 Å². The van der Waals surface area contributed by atoms with Crippen molar-refractivity contribution in [3.63, 3.8) is 0 Å². The van der Waals surface area contributed by atoms with Gasteiger partial charge in [0.2, 0.25) is 0 Å². The molecule has 5 nitrogen and oxygen atoms in total. The number of aromatic nitrogens is 1. The minimum atomic E-state index is -0.0504. The third kappa shape index (κ3) is 3.28. The van der Waals surface area contributed by atoms with Crippen LogP contribution in [0.4, 0.5) is 0 Å². The fourth-order valence-corrected chi connectivity index (χ4v) is 4.79. The van der Waals surface area contributed by atoms with Gasteiger partial charge in [0.25, 0.3) is 5.91 Å². The molecule has 3 fully saturated rings. The Kier molecular flexibility index (Phi) is 4.48. The summed E-state index contributed by atoms with van der Waals surface area (Å²) in [6.07, 6.45) is 4.13. The van der Waals surface area contributed by atoms with Crippen LogP contribution in [0.25, 0.3) is 10.4 Å². The third-order valence-electron chi connectivity index (χ3n) is 5.43. The van der Waals surface area contributed by atoms with E-state index < -0.39 is 0 Å². The van der Waals surface area contributed by atoms with Crippen LogP contribution in [0.3, 0.4) is 0 Å². The number of thiazole rings is 1. The number of fused-ring (bicyclic) bond motifs is 3. The molecule has 0 aliphatic carbocycles. The fourth-order valence-electron chi connectivity index (χ4n) is 3.98. The van der Waals surface area contributed by atoms with Gasteiger partial charge in [0.05, 0.1) is 12.0 Å². The van der Waals surface area contributed by atoms with Gasteiger partial charge in [-0.1, -0.05) is 12.1 Å². The number of ether oxygens (including phenoxy) is 1. The zero-order valence-electron chi connectivity index (χ0n) is 14.6. The van der Waals surface area contributed by atoms with Crippen molar-refractivity contribution in [1.82, 2.24) is 15.2 Å². The van der Waals surface area contributed by atoms with Crippen LogP contribution in [0, 0.1) is 5.92 Å². The second kappa shape index (κ2) is 6.77. The highest BCUT2D eigenvalue weighted by molar-refractivity contribution is 7.17. The van der Waals surface area contributed by atoms with Gasteiger partial charge in [-0.2, -0.15) is 0 Å². The average molecular weight is 357 g/mol. The molecular formula is C19H23N3O2S. The highest BCUT2D eigenvalue weighted by atomic mass is 32.1. The second-order valence-electron chi connectivity index (χ2n) is 6.97. The first kappa shape index (κ1) is 16.5. The molecular weight excluding hydrogens is 334 g/mol. The van der Waals surface area contributed by atoms with Crippen molar-refractivity contribution < 1.29 is 9.53 Å². The summed E-state index contributed by atoms with van der Waals surface area (Å²) >= 11 is 1.43. The topological polar surface area (TPSA) is 54.5 Å². The van der Waals surface area contributed by atoms with Crippen LogP contribution < -0.4 is 10.1 Å². The average Bonchev–Trinajstić information content (AvgIpc) is 3.13. The van der Waals surface area contributed by atoms with Crippen LogP contribution in [0.2, 0.25) is 0 Å². The normalized spacial score (nSPS) is 27.9. The molecule has 1 aromatic carbocycles. The van der Waals surface area contributed by atoms with E-state index >= 15 is 0 Å². The summed E-state index contributed by atoms with van der Waals surface area (Å²) < 4.78 is 5.27. The largest absolute Gasteiger partial charge is 0.497 e. The van der Waals surface area contributed by atoms with Gasteiger partial charge in [-0.25, -0.2) is 4.98 Å². The zero-order chi connectivity index (χ0) is 17.4. The van der Waals surface area contributed by atoms with Gasteiger partial charge in [0, 0.05) is 24.8 Å². The summed E-state index contributed by atoms with van der Waals surface area (Å²) in [5, 5.41) is 3.75. The van der Waals surface area contributed by atoms with E-state index in [1.807, 2.05) is 24.3 Å². The van der Waals surface area contributed by atoms with E-state index in [0.29, 0.717) is 17.0 Å². The minimum Gasteiger partial charge on any atom is -0.497 e. The highest BCUT2D eigenvalue weighted by Crippen LogP contribution is 2.33. The van der Waals surface area contributed by atoms with Crippen molar-refractivity contribution in [1.29, 1.82) is 0 Å². The van der Waals surface area contributed by atoms with Gasteiger partial charge in [-0.3, -0.25) is 9.69 Å². The van der Waals surface area contributed by atoms with Crippen molar-refractivity contribution in [2.75, 3.05) is 20.2 Å². The fraction of sp³-hybridized carbons (Fsp3) is 0.474. The Labute approximate surface area is 152 Å². The number of benzene rings is 1. The smallest absolute Gasteiger partial charge is 0.280 e. The molecule has 2 bridgehead atoms. The zero-order valence-corrected chi connectivity index (χ0v) is 15.4. The second-order valence-corrected chi connectivity index (χ2v) is 8.00. The summed E-state index contributed by atoms with van der Waals surface area (Å²) in [6.45, 7) is 4.41. The van der Waals surface area contributed by atoms with Crippen LogP contribution in [0.1, 0.15) is 29.6 Å². The maximum Gasteiger partial charge on any atom is 0.280 e. The monoisotopic (exact) mass is 357 g/mol. The van der Waals surface area contributed by atoms with Gasteiger partial charge in [-0.15, -0.1) is 11.3 Å². The molecule has 4 atom stereocenters. The summed E-state index contributed by atoms with van der Waals surface area (Å²) in [6, 6.07) is 8.72. The van der Waals surface area contributed by atoms with Crippen LogP contribution >= 0.6 is 11.3 Å². The minimum absolute atomic E-state index is 0.0504. The van der Waals surface area contributed by atoms with Crippen molar-refractivity contribution in [2.24, 2.45) is 5.92 Å². The number of nitrogens with zero attached hydrogens (tertiary/aromatic N) is 2. The highest BCUT2D eigenvalue weighted by Gasteiger charge is 2.39. The third-order valence-corrected chi connectivity index (χ3v) is 6.47. The number of carbonyl (C=O) groups is 1. The molecule has 5 rings (SSSR count). The molecule has 1 aromatic heterocycles. The van der Waals surface area contributed by atoms with Crippen molar-refractivity contribution in [3.05, 3.63) is 35.5 Å². The van der Waals surface area contributed by atoms with E-state index in [2.05, 4.69) is 22.1 Å². The predicted molar refractivity (Wildman–Crippen MR) is 99.1 cm³/mol. The van der Waals surface area contributed by atoms with E-state index in [1.54, 1.807) is 13.3 Å². The van der Waals surface area contributed by atoms with Gasteiger partial charge in [0.15, 0.2) is 5.01 Å². The van der Waals surface area contributed by atoms with E-state index in [1.165, 1.54) is 24.2 Å². The van der Waals surface area contributed by atoms with Crippen LogP contribution in [0.15, 0.2) is 30.5 Å². The number of methoxy groups -OCH3 is 1. The SMILES string of the molecule is COc1cccc(-c2cnc(C(=O)N[C@H]3CN4CCC3CC4C)s2)c1. The molecule has 6 heteroatoms. The molecule has 0 radical (unpaired) electrons. The lowest BCUT2D eigenvalue weighted by Gasteiger charge is -2.48. The van der Waals surface area contributed by atoms with Gasteiger partial charge in [-0.05, 0) is 49.9 Å². The molecule has 3 unspecified atom stereocenters. The molecule has 0 saturated carbocycles. The lowest BCUT2D eigenvalue weighted by molar-refractivity contribution is 0.0274. The first-order valence-electron chi connectivity index (χ1n) is 8.79. The molecule has 3 saturated heterocycles. The van der Waals surface area contributed by atoms with Crippen LogP contribution in [0.5, 0.6) is 5.75 Å². The van der Waals surface area contributed by atoms with Gasteiger partial charge in [0.1, 0.15) is 5.75 Å². The van der Waals surface area contributed by atoms with E-state index in [0.717, 1.165) is 29.3 Å². The summed E-state index contributed by atoms with van der Waals surface area (Å²) in [5.74, 6) is 1.35. The van der Waals surface area contributed by atoms with E-state index in [-0.39, 0.29) is 11.9 Å². The van der Waals surface area contributed by atoms with Crippen molar-refractivity contribution >= 4 is 17.2 Å². The molecule has 2 aromatic rings. The molecule has 1 amide bonds. The molecule has 4 heterocycles. The standard InChI is InChI=1S/C19H23N3O2S/c1-12-8-13-6-7-22(12)11-16(13)21-18(23)19-20-10-17(25-19)14-4-3-5-15(9-14)24-2/h3-5,9-10,12-13,16H,6-8,11H2,1-2H3,(H,21,23)/t12?,13?,16-/m0/s1. The molecule has 25 heavy (non-hydrogen) atoms. The first-order chi connectivity index (χ1) is 12.1. The number of nitrogens with one attached hydrogen (secondary N) is 1. The van der Waals surface area contributed by atoms with Gasteiger partial charge >= 0.3 is 0 Å². The summed E-state index contributed by atoms with van der Waals surface area (Å²) in [7, 11) is 1.65. The maximum atomic E-state index is 12.6. The molecule has 3 aliphatic rings. The Morgan fingerprint density at radius 3 is 3.04 bits per heavy atom. The predicted octanol–water partition coefficient (Wildman–Crippen LogP) is 3.03. The molecule has 1 N–H and O–H groups in total. The number of carbonyl (C=O) groups excluding carboxylic acids is 1. The maximum absolute atomic E-state index is 12.6. The number of hydrogen-bond donors (Lipinski definition) is 1. The van der Waals surface area contributed by atoms with Gasteiger partial charge < -0.3 is 10.1 Å². The number of amides is 1. The Hall–Kier alpha value is -1.92. The molecule has 3 aliphatic heterocycles. The summed E-state index contributed by atoms with van der Waals surface area (Å²) in [4.78, 5) is 20.4. The molecule has 0 spiro atoms. The Morgan fingerprint density at radius 1 is 1.44 bits per heavy atom. The van der Waals surface area contributed by atoms with Crippen molar-refractivity contribution in [2.45, 2.75) is 31.8 Å². The first-order valence-corrected chi connectivity index (χ1v) is 9.61. The lowest BCUT2D eigenvalue weighted by Crippen LogP contribution is -2.60. The number of rotatable bonds is 4. The summed E-state index contributed by atoms with van der Waals surface area (Å²) in [5.41, 5.74) is 1.02. The van der Waals surface area contributed by atoms with Crippen molar-refractivity contribution in [3.8, 4) is 16.2 Å². The van der Waals surface area contributed by atoms with E-state index in [9.17, 15) is 4.79 Å². The Morgan fingerprint density at radius 2 is 2.32 bits per heavy atom. The Balaban J connectivity index is 1.46. The Bertz CT molecular complexity index is 776. The molecule has 132 valence electrons. The van der Waals surface area contributed by atoms with E-state index in [4.69, 9.17) is 4.74 Å².